The Balaban J connectivity index is 2.41. The molecular weight excluding hydrogens is 222 g/mol. The maximum atomic E-state index is 11.7. The Labute approximate surface area is 97.3 Å². The van der Waals surface area contributed by atoms with E-state index in [0.29, 0.717) is 12.0 Å². The van der Waals surface area contributed by atoms with Gasteiger partial charge in [0.25, 0.3) is 5.56 Å². The number of nitrogens with one attached hydrogen (secondary N) is 1. The van der Waals surface area contributed by atoms with E-state index in [-0.39, 0.29) is 10.3 Å². The number of nitrogens with two attached hydrogens (primary N) is 1. The van der Waals surface area contributed by atoms with Crippen molar-refractivity contribution in [1.29, 1.82) is 0 Å². The summed E-state index contributed by atoms with van der Waals surface area (Å²) in [7, 11) is 0. The summed E-state index contributed by atoms with van der Waals surface area (Å²) in [6, 6.07) is 9.72. The van der Waals surface area contributed by atoms with E-state index in [4.69, 9.17) is 18.1 Å². The van der Waals surface area contributed by atoms with Gasteiger partial charge in [0.05, 0.1) is 0 Å². The van der Waals surface area contributed by atoms with E-state index in [2.05, 4.69) is 4.98 Å². The van der Waals surface area contributed by atoms with Gasteiger partial charge in [0.15, 0.2) is 4.77 Å². The second kappa shape index (κ2) is 4.32. The van der Waals surface area contributed by atoms with Gasteiger partial charge >= 0.3 is 0 Å². The molecular formula is C11H11N3OS. The maximum absolute atomic E-state index is 11.7. The fourth-order valence-corrected chi connectivity index (χ4v) is 1.61. The molecule has 0 radical (unpaired) electrons. The molecule has 0 amide bonds. The lowest BCUT2D eigenvalue weighted by atomic mass is 10.1. The molecule has 4 nitrogen and oxygen atoms in total. The topological polar surface area (TPSA) is 63.8 Å². The largest absolute Gasteiger partial charge is 0.337 e. The van der Waals surface area contributed by atoms with Crippen molar-refractivity contribution in [3.63, 3.8) is 0 Å². The minimum absolute atomic E-state index is 0.224. The molecule has 0 aliphatic carbocycles. The number of benzene rings is 1. The molecule has 1 heterocycles. The second-order valence-corrected chi connectivity index (χ2v) is 3.84. The Morgan fingerprint density at radius 1 is 1.31 bits per heavy atom. The number of hydrogen-bond acceptors (Lipinski definition) is 3. The van der Waals surface area contributed by atoms with Crippen molar-refractivity contribution < 1.29 is 0 Å². The average Bonchev–Trinajstić information content (AvgIpc) is 2.31. The minimum atomic E-state index is -0.257. The van der Waals surface area contributed by atoms with E-state index in [1.165, 1.54) is 0 Å². The van der Waals surface area contributed by atoms with Crippen molar-refractivity contribution in [3.05, 3.63) is 62.8 Å². The lowest BCUT2D eigenvalue weighted by molar-refractivity contribution is 0.841. The normalized spacial score (nSPS) is 10.2. The van der Waals surface area contributed by atoms with Gasteiger partial charge in [-0.2, -0.15) is 4.68 Å². The molecule has 82 valence electrons. The van der Waals surface area contributed by atoms with Crippen molar-refractivity contribution in [2.45, 2.75) is 6.42 Å². The standard InChI is InChI=1S/C11H11N3OS/c12-14-10(15)9(7-13-11(14)16)6-8-4-2-1-3-5-8/h1-5,7H,6,12H2,(H,13,16). The van der Waals surface area contributed by atoms with Crippen LogP contribution in [-0.4, -0.2) is 9.66 Å². The van der Waals surface area contributed by atoms with Crippen LogP contribution in [-0.2, 0) is 6.42 Å². The molecule has 2 aromatic rings. The predicted molar refractivity (Wildman–Crippen MR) is 65.3 cm³/mol. The Bertz CT molecular complexity index is 601. The van der Waals surface area contributed by atoms with Gasteiger partial charge in [-0.3, -0.25) is 4.79 Å². The molecule has 0 saturated heterocycles. The van der Waals surface area contributed by atoms with E-state index in [9.17, 15) is 4.79 Å². The van der Waals surface area contributed by atoms with Crippen molar-refractivity contribution in [2.75, 3.05) is 5.84 Å². The molecule has 1 aromatic carbocycles. The van der Waals surface area contributed by atoms with Crippen molar-refractivity contribution in [1.82, 2.24) is 9.66 Å². The molecule has 0 bridgehead atoms. The summed E-state index contributed by atoms with van der Waals surface area (Å²) in [4.78, 5) is 14.5. The fourth-order valence-electron chi connectivity index (χ4n) is 1.47. The first-order valence-corrected chi connectivity index (χ1v) is 5.22. The van der Waals surface area contributed by atoms with Gasteiger partial charge in [0.1, 0.15) is 0 Å². The van der Waals surface area contributed by atoms with E-state index in [0.717, 1.165) is 10.2 Å². The summed E-state index contributed by atoms with van der Waals surface area (Å²) in [6.07, 6.45) is 2.16. The van der Waals surface area contributed by atoms with Crippen LogP contribution in [0.25, 0.3) is 0 Å². The number of hydrogen-bond donors (Lipinski definition) is 2. The highest BCUT2D eigenvalue weighted by atomic mass is 32.1. The number of nitrogens with zero attached hydrogens (tertiary/aromatic N) is 1. The first-order chi connectivity index (χ1) is 7.68. The molecule has 0 aliphatic rings. The molecule has 0 spiro atoms. The van der Waals surface area contributed by atoms with Crippen LogP contribution in [0.5, 0.6) is 0 Å². The zero-order chi connectivity index (χ0) is 11.5. The van der Waals surface area contributed by atoms with Crippen LogP contribution < -0.4 is 11.4 Å². The van der Waals surface area contributed by atoms with Gasteiger partial charge in [-0.25, -0.2) is 0 Å². The zero-order valence-corrected chi connectivity index (χ0v) is 9.33. The Kier molecular flexibility index (Phi) is 2.87. The van der Waals surface area contributed by atoms with E-state index < -0.39 is 0 Å². The molecule has 1 aromatic heterocycles. The fraction of sp³-hybridized carbons (Fsp3) is 0.0909. The first-order valence-electron chi connectivity index (χ1n) is 4.81. The number of nitrogen functional groups attached to an aromatic ring is 1. The molecule has 0 aliphatic heterocycles. The summed E-state index contributed by atoms with van der Waals surface area (Å²) >= 11 is 4.85. The Hall–Kier alpha value is -1.88. The summed E-state index contributed by atoms with van der Waals surface area (Å²) < 4.78 is 1.18. The highest BCUT2D eigenvalue weighted by molar-refractivity contribution is 7.71. The first kappa shape index (κ1) is 10.6. The third-order valence-electron chi connectivity index (χ3n) is 2.32. The molecule has 0 fully saturated rings. The molecule has 0 saturated carbocycles. The third kappa shape index (κ3) is 2.04. The third-order valence-corrected chi connectivity index (χ3v) is 2.63. The number of rotatable bonds is 2. The highest BCUT2D eigenvalue weighted by Gasteiger charge is 2.03. The SMILES string of the molecule is Nn1c(=S)[nH]cc(Cc2ccccc2)c1=O. The molecule has 16 heavy (non-hydrogen) atoms. The molecule has 0 unspecified atom stereocenters. The molecule has 5 heteroatoms. The van der Waals surface area contributed by atoms with E-state index in [1.54, 1.807) is 6.20 Å². The number of aromatic nitrogens is 2. The smallest absolute Gasteiger partial charge is 0.276 e. The maximum Gasteiger partial charge on any atom is 0.276 e. The van der Waals surface area contributed by atoms with Gasteiger partial charge in [0, 0.05) is 18.2 Å². The quantitative estimate of drug-likeness (QED) is 0.605. The summed E-state index contributed by atoms with van der Waals surface area (Å²) in [5.41, 5.74) is 1.40. The summed E-state index contributed by atoms with van der Waals surface area (Å²) in [5, 5.41) is 0. The van der Waals surface area contributed by atoms with Crippen molar-refractivity contribution in [3.8, 4) is 0 Å². The van der Waals surface area contributed by atoms with Gasteiger partial charge in [-0.15, -0.1) is 0 Å². The zero-order valence-electron chi connectivity index (χ0n) is 8.51. The van der Waals surface area contributed by atoms with Gasteiger partial charge < -0.3 is 10.8 Å². The molecule has 2 rings (SSSR count). The molecule has 3 N–H and O–H groups in total. The van der Waals surface area contributed by atoms with Crippen LogP contribution in [0.1, 0.15) is 11.1 Å². The van der Waals surface area contributed by atoms with Crippen LogP contribution in [0.15, 0.2) is 41.3 Å². The lowest BCUT2D eigenvalue weighted by Crippen LogP contribution is -2.31. The van der Waals surface area contributed by atoms with E-state index >= 15 is 0 Å². The second-order valence-electron chi connectivity index (χ2n) is 3.46. The van der Waals surface area contributed by atoms with Gasteiger partial charge in [-0.05, 0) is 17.8 Å². The van der Waals surface area contributed by atoms with Crippen LogP contribution >= 0.6 is 12.2 Å². The van der Waals surface area contributed by atoms with Gasteiger partial charge in [0.2, 0.25) is 0 Å². The van der Waals surface area contributed by atoms with E-state index in [1.807, 2.05) is 30.3 Å². The number of H-pyrrole nitrogens is 1. The highest BCUT2D eigenvalue weighted by Crippen LogP contribution is 2.04. The van der Waals surface area contributed by atoms with Gasteiger partial charge in [-0.1, -0.05) is 30.3 Å². The minimum Gasteiger partial charge on any atom is -0.337 e. The monoisotopic (exact) mass is 233 g/mol. The number of aromatic amines is 1. The summed E-state index contributed by atoms with van der Waals surface area (Å²) in [5.74, 6) is 5.51. The predicted octanol–water partition coefficient (Wildman–Crippen LogP) is 1.21. The van der Waals surface area contributed by atoms with Crippen LogP contribution in [0, 0.1) is 4.77 Å². The lowest BCUT2D eigenvalue weighted by Gasteiger charge is -2.03. The average molecular weight is 233 g/mol. The van der Waals surface area contributed by atoms with Crippen LogP contribution in [0.4, 0.5) is 0 Å². The Morgan fingerprint density at radius 2 is 2.00 bits per heavy atom. The van der Waals surface area contributed by atoms with Crippen LogP contribution in [0.3, 0.4) is 0 Å². The Morgan fingerprint density at radius 3 is 2.69 bits per heavy atom. The van der Waals surface area contributed by atoms with Crippen molar-refractivity contribution in [2.24, 2.45) is 0 Å². The summed E-state index contributed by atoms with van der Waals surface area (Å²) in [6.45, 7) is 0. The van der Waals surface area contributed by atoms with Crippen LogP contribution in [0.2, 0.25) is 0 Å². The molecule has 0 atom stereocenters. The van der Waals surface area contributed by atoms with Crippen molar-refractivity contribution >= 4 is 12.2 Å².